The largest absolute Gasteiger partial charge is 0.444 e. The molecule has 2 aliphatic rings. The summed E-state index contributed by atoms with van der Waals surface area (Å²) < 4.78 is 11.1. The minimum Gasteiger partial charge on any atom is -0.444 e. The maximum Gasteiger partial charge on any atom is 0.410 e. The van der Waals surface area contributed by atoms with Crippen molar-refractivity contribution in [3.05, 3.63) is 30.1 Å². The molecule has 2 fully saturated rings. The van der Waals surface area contributed by atoms with Crippen LogP contribution >= 0.6 is 0 Å². The molecule has 28 heavy (non-hydrogen) atoms. The van der Waals surface area contributed by atoms with Crippen LogP contribution in [-0.4, -0.2) is 59.4 Å². The summed E-state index contributed by atoms with van der Waals surface area (Å²) in [6, 6.07) is 4.05. The van der Waals surface area contributed by atoms with Gasteiger partial charge in [-0.1, -0.05) is 0 Å². The number of carbonyl (C=O) groups is 1. The third kappa shape index (κ3) is 3.90. The Hall–Kier alpha value is -2.41. The number of anilines is 1. The van der Waals surface area contributed by atoms with E-state index in [-0.39, 0.29) is 12.1 Å². The lowest BCUT2D eigenvalue weighted by Crippen LogP contribution is -2.37. The van der Waals surface area contributed by atoms with Crippen LogP contribution in [0.1, 0.15) is 45.2 Å². The van der Waals surface area contributed by atoms with E-state index in [0.29, 0.717) is 6.54 Å². The van der Waals surface area contributed by atoms with Crippen LogP contribution in [0.5, 0.6) is 0 Å². The number of amides is 1. The topological polar surface area (TPSA) is 67.8 Å². The van der Waals surface area contributed by atoms with Crippen LogP contribution in [-0.2, 0) is 9.47 Å². The smallest absolute Gasteiger partial charge is 0.410 e. The molecular weight excluding hydrogens is 356 g/mol. The number of carbonyl (C=O) groups excluding carboxylic acids is 1. The van der Waals surface area contributed by atoms with Gasteiger partial charge in [-0.15, -0.1) is 0 Å². The highest BCUT2D eigenvalue weighted by Gasteiger charge is 2.34. The number of ether oxygens (including phenoxy) is 2. The molecule has 0 spiro atoms. The van der Waals surface area contributed by atoms with Crippen LogP contribution < -0.4 is 4.90 Å². The molecule has 0 saturated carbocycles. The van der Waals surface area contributed by atoms with E-state index in [0.717, 1.165) is 61.4 Å². The van der Waals surface area contributed by atoms with E-state index in [2.05, 4.69) is 16.0 Å². The monoisotopic (exact) mass is 384 g/mol. The normalized spacial score (nSPS) is 20.6. The van der Waals surface area contributed by atoms with Crippen molar-refractivity contribution >= 4 is 22.8 Å². The zero-order valence-corrected chi connectivity index (χ0v) is 16.9. The maximum atomic E-state index is 12.7. The number of morpholine rings is 1. The zero-order valence-electron chi connectivity index (χ0n) is 16.9. The Balaban J connectivity index is 1.68. The highest BCUT2D eigenvalue weighted by atomic mass is 16.6. The second-order valence-corrected chi connectivity index (χ2v) is 8.40. The van der Waals surface area contributed by atoms with Gasteiger partial charge in [0.1, 0.15) is 11.4 Å². The molecule has 150 valence electrons. The second-order valence-electron chi connectivity index (χ2n) is 8.40. The van der Waals surface area contributed by atoms with Gasteiger partial charge in [0.15, 0.2) is 0 Å². The SMILES string of the molecule is CC(C)(C)OC(=O)N1CCCC1c1cncc2ccc(N3CCOCC3)nc12. The zero-order chi connectivity index (χ0) is 19.7. The Bertz CT molecular complexity index is 858. The van der Waals surface area contributed by atoms with Gasteiger partial charge in [-0.05, 0) is 45.7 Å². The molecule has 1 amide bonds. The van der Waals surface area contributed by atoms with E-state index in [4.69, 9.17) is 14.5 Å². The molecule has 0 aliphatic carbocycles. The number of fused-ring (bicyclic) bond motifs is 1. The summed E-state index contributed by atoms with van der Waals surface area (Å²) in [6.45, 7) is 9.50. The number of hydrogen-bond acceptors (Lipinski definition) is 6. The van der Waals surface area contributed by atoms with Crippen molar-refractivity contribution in [3.63, 3.8) is 0 Å². The van der Waals surface area contributed by atoms with Gasteiger partial charge in [0.25, 0.3) is 0 Å². The summed E-state index contributed by atoms with van der Waals surface area (Å²) in [5.74, 6) is 0.949. The maximum absolute atomic E-state index is 12.7. The highest BCUT2D eigenvalue weighted by molar-refractivity contribution is 5.83. The molecule has 0 aromatic carbocycles. The predicted molar refractivity (Wildman–Crippen MR) is 107 cm³/mol. The summed E-state index contributed by atoms with van der Waals surface area (Å²) >= 11 is 0. The molecular formula is C21H28N4O3. The lowest BCUT2D eigenvalue weighted by Gasteiger charge is -2.30. The highest BCUT2D eigenvalue weighted by Crippen LogP contribution is 2.36. The molecule has 4 heterocycles. The van der Waals surface area contributed by atoms with Gasteiger partial charge in [0.05, 0.1) is 24.8 Å². The third-order valence-electron chi connectivity index (χ3n) is 5.19. The van der Waals surface area contributed by atoms with E-state index >= 15 is 0 Å². The fraction of sp³-hybridized carbons (Fsp3) is 0.571. The first kappa shape index (κ1) is 18.9. The average Bonchev–Trinajstić information content (AvgIpc) is 3.16. The molecule has 0 radical (unpaired) electrons. The first-order chi connectivity index (χ1) is 13.4. The molecule has 0 bridgehead atoms. The van der Waals surface area contributed by atoms with Crippen LogP contribution in [0, 0.1) is 0 Å². The van der Waals surface area contributed by atoms with Crippen molar-refractivity contribution in [2.24, 2.45) is 0 Å². The molecule has 1 unspecified atom stereocenters. The number of pyridine rings is 2. The fourth-order valence-corrected chi connectivity index (χ4v) is 3.90. The Morgan fingerprint density at radius 3 is 2.71 bits per heavy atom. The Labute approximate surface area is 165 Å². The van der Waals surface area contributed by atoms with E-state index in [9.17, 15) is 4.79 Å². The van der Waals surface area contributed by atoms with Crippen LogP contribution in [0.3, 0.4) is 0 Å². The summed E-state index contributed by atoms with van der Waals surface area (Å²) in [6.07, 6.45) is 5.26. The van der Waals surface area contributed by atoms with Gasteiger partial charge in [-0.3, -0.25) is 4.98 Å². The number of likely N-dealkylation sites (tertiary alicyclic amines) is 1. The third-order valence-corrected chi connectivity index (χ3v) is 5.19. The molecule has 7 heteroatoms. The molecule has 0 N–H and O–H groups in total. The quantitative estimate of drug-likeness (QED) is 0.789. The van der Waals surface area contributed by atoms with Crippen molar-refractivity contribution in [2.45, 2.75) is 45.3 Å². The minimum absolute atomic E-state index is 0.0570. The van der Waals surface area contributed by atoms with Crippen LogP contribution in [0.25, 0.3) is 10.9 Å². The summed E-state index contributed by atoms with van der Waals surface area (Å²) in [5.41, 5.74) is 1.40. The molecule has 2 saturated heterocycles. The first-order valence-electron chi connectivity index (χ1n) is 9.99. The average molecular weight is 384 g/mol. The van der Waals surface area contributed by atoms with Crippen LogP contribution in [0.4, 0.5) is 10.6 Å². The van der Waals surface area contributed by atoms with Crippen molar-refractivity contribution in [2.75, 3.05) is 37.7 Å². The van der Waals surface area contributed by atoms with Gasteiger partial charge in [-0.25, -0.2) is 9.78 Å². The summed E-state index contributed by atoms with van der Waals surface area (Å²) in [5, 5.41) is 0.991. The van der Waals surface area contributed by atoms with Crippen molar-refractivity contribution in [3.8, 4) is 0 Å². The molecule has 2 aromatic rings. The standard InChI is InChI=1S/C21H28N4O3/c1-21(2,3)28-20(26)25-8-4-5-17(25)16-14-22-13-15-6-7-18(23-19(15)16)24-9-11-27-12-10-24/h6-7,13-14,17H,4-5,8-12H2,1-3H3. The number of hydrogen-bond donors (Lipinski definition) is 0. The second kappa shape index (κ2) is 7.54. The van der Waals surface area contributed by atoms with Gasteiger partial charge >= 0.3 is 6.09 Å². The number of rotatable bonds is 2. The predicted octanol–water partition coefficient (Wildman–Crippen LogP) is 3.54. The van der Waals surface area contributed by atoms with E-state index in [1.165, 1.54) is 0 Å². The summed E-state index contributed by atoms with van der Waals surface area (Å²) in [7, 11) is 0. The first-order valence-corrected chi connectivity index (χ1v) is 9.99. The lowest BCUT2D eigenvalue weighted by atomic mass is 10.0. The molecule has 2 aliphatic heterocycles. The number of nitrogens with zero attached hydrogens (tertiary/aromatic N) is 4. The van der Waals surface area contributed by atoms with Gasteiger partial charge < -0.3 is 19.3 Å². The Kier molecular flexibility index (Phi) is 5.10. The van der Waals surface area contributed by atoms with Crippen molar-refractivity contribution in [1.29, 1.82) is 0 Å². The summed E-state index contributed by atoms with van der Waals surface area (Å²) in [4.78, 5) is 26.2. The van der Waals surface area contributed by atoms with E-state index in [1.54, 1.807) is 0 Å². The molecule has 7 nitrogen and oxygen atoms in total. The van der Waals surface area contributed by atoms with Crippen LogP contribution in [0.15, 0.2) is 24.5 Å². The van der Waals surface area contributed by atoms with E-state index in [1.807, 2.05) is 44.1 Å². The minimum atomic E-state index is -0.511. The van der Waals surface area contributed by atoms with Crippen molar-refractivity contribution in [1.82, 2.24) is 14.9 Å². The fourth-order valence-electron chi connectivity index (χ4n) is 3.90. The molecule has 2 aromatic heterocycles. The number of aromatic nitrogens is 2. The van der Waals surface area contributed by atoms with Crippen LogP contribution in [0.2, 0.25) is 0 Å². The Morgan fingerprint density at radius 1 is 1.18 bits per heavy atom. The van der Waals surface area contributed by atoms with Gasteiger partial charge in [-0.2, -0.15) is 0 Å². The molecule has 1 atom stereocenters. The van der Waals surface area contributed by atoms with Gasteiger partial charge in [0.2, 0.25) is 0 Å². The van der Waals surface area contributed by atoms with Crippen molar-refractivity contribution < 1.29 is 14.3 Å². The lowest BCUT2D eigenvalue weighted by molar-refractivity contribution is 0.0225. The molecule has 4 rings (SSSR count). The Morgan fingerprint density at radius 2 is 1.96 bits per heavy atom. The van der Waals surface area contributed by atoms with Gasteiger partial charge in [0, 0.05) is 43.0 Å². The van der Waals surface area contributed by atoms with E-state index < -0.39 is 5.60 Å².